The lowest BCUT2D eigenvalue weighted by molar-refractivity contribution is 0.0264. The Morgan fingerprint density at radius 1 is 1.53 bits per heavy atom. The number of halogens is 1. The molecule has 4 heteroatoms. The minimum absolute atomic E-state index is 0.00246. The predicted molar refractivity (Wildman–Crippen MR) is 62.3 cm³/mol. The quantitative estimate of drug-likeness (QED) is 0.818. The van der Waals surface area contributed by atoms with Crippen LogP contribution in [0.3, 0.4) is 0 Å². The van der Waals surface area contributed by atoms with Gasteiger partial charge in [-0.25, -0.2) is 9.18 Å². The molecule has 1 aliphatic heterocycles. The summed E-state index contributed by atoms with van der Waals surface area (Å²) in [7, 11) is 0. The maximum absolute atomic E-state index is 13.4. The first-order valence-corrected chi connectivity index (χ1v) is 5.87. The van der Waals surface area contributed by atoms with Gasteiger partial charge in [0, 0.05) is 6.04 Å². The fourth-order valence-electron chi connectivity index (χ4n) is 2.05. The highest BCUT2D eigenvalue weighted by atomic mass is 19.1. The van der Waals surface area contributed by atoms with E-state index in [1.165, 1.54) is 12.1 Å². The van der Waals surface area contributed by atoms with E-state index in [9.17, 15) is 9.18 Å². The van der Waals surface area contributed by atoms with Crippen molar-refractivity contribution in [3.8, 4) is 0 Å². The number of rotatable bonds is 3. The van der Waals surface area contributed by atoms with E-state index in [2.05, 4.69) is 5.32 Å². The first kappa shape index (κ1) is 12.0. The molecule has 1 aromatic carbocycles. The third kappa shape index (κ3) is 2.82. The number of hydrogen-bond acceptors (Lipinski definition) is 3. The molecule has 1 fully saturated rings. The van der Waals surface area contributed by atoms with Crippen LogP contribution in [0, 0.1) is 5.82 Å². The van der Waals surface area contributed by atoms with Gasteiger partial charge in [-0.1, -0.05) is 12.1 Å². The van der Waals surface area contributed by atoms with Crippen LogP contribution >= 0.6 is 0 Å². The Balaban J connectivity index is 1.99. The Morgan fingerprint density at radius 3 is 2.94 bits per heavy atom. The van der Waals surface area contributed by atoms with Crippen molar-refractivity contribution in [2.75, 3.05) is 6.54 Å². The Kier molecular flexibility index (Phi) is 3.74. The highest BCUT2D eigenvalue weighted by Gasteiger charge is 2.25. The normalized spacial score (nSPS) is 21.2. The van der Waals surface area contributed by atoms with Gasteiger partial charge in [-0.3, -0.25) is 0 Å². The fraction of sp³-hybridized carbons (Fsp3) is 0.462. The summed E-state index contributed by atoms with van der Waals surface area (Å²) in [6.45, 7) is 2.79. The number of carbonyl (C=O) groups is 1. The second-order valence-corrected chi connectivity index (χ2v) is 4.29. The van der Waals surface area contributed by atoms with Gasteiger partial charge in [0.05, 0.1) is 5.56 Å². The summed E-state index contributed by atoms with van der Waals surface area (Å²) in [5.41, 5.74) is -0.00246. The number of esters is 1. The zero-order chi connectivity index (χ0) is 12.3. The van der Waals surface area contributed by atoms with Gasteiger partial charge in [-0.2, -0.15) is 0 Å². The van der Waals surface area contributed by atoms with Gasteiger partial charge in [-0.15, -0.1) is 0 Å². The molecule has 17 heavy (non-hydrogen) atoms. The number of benzene rings is 1. The summed E-state index contributed by atoms with van der Waals surface area (Å²) >= 11 is 0. The lowest BCUT2D eigenvalue weighted by Crippen LogP contribution is -2.36. The highest BCUT2D eigenvalue weighted by Crippen LogP contribution is 2.15. The molecule has 0 bridgehead atoms. The topological polar surface area (TPSA) is 38.3 Å². The van der Waals surface area contributed by atoms with E-state index in [1.54, 1.807) is 12.1 Å². The molecule has 1 N–H and O–H groups in total. The Bertz CT molecular complexity index is 402. The van der Waals surface area contributed by atoms with Crippen LogP contribution in [0.15, 0.2) is 24.3 Å². The van der Waals surface area contributed by atoms with Crippen LogP contribution in [0.1, 0.15) is 30.1 Å². The van der Waals surface area contributed by atoms with E-state index in [1.807, 2.05) is 6.92 Å². The van der Waals surface area contributed by atoms with Crippen LogP contribution in [0.25, 0.3) is 0 Å². The summed E-state index contributed by atoms with van der Waals surface area (Å²) in [6.07, 6.45) is 1.85. The third-order valence-corrected chi connectivity index (χ3v) is 3.05. The van der Waals surface area contributed by atoms with Crippen molar-refractivity contribution in [1.29, 1.82) is 0 Å². The van der Waals surface area contributed by atoms with Crippen molar-refractivity contribution in [1.82, 2.24) is 5.32 Å². The van der Waals surface area contributed by atoms with E-state index in [4.69, 9.17) is 4.74 Å². The van der Waals surface area contributed by atoms with Gasteiger partial charge >= 0.3 is 5.97 Å². The predicted octanol–water partition coefficient (Wildman–Crippen LogP) is 2.12. The minimum atomic E-state index is -0.593. The molecular weight excluding hydrogens is 221 g/mol. The smallest absolute Gasteiger partial charge is 0.341 e. The largest absolute Gasteiger partial charge is 0.457 e. The molecule has 0 amide bonds. The van der Waals surface area contributed by atoms with E-state index in [0.717, 1.165) is 19.4 Å². The summed E-state index contributed by atoms with van der Waals surface area (Å²) < 4.78 is 18.6. The lowest BCUT2D eigenvalue weighted by atomic mass is 10.1. The Hall–Kier alpha value is -1.42. The molecule has 1 heterocycles. The molecule has 2 atom stereocenters. The second-order valence-electron chi connectivity index (χ2n) is 4.29. The zero-order valence-electron chi connectivity index (χ0n) is 9.78. The van der Waals surface area contributed by atoms with Gasteiger partial charge in [0.25, 0.3) is 0 Å². The van der Waals surface area contributed by atoms with Crippen LogP contribution < -0.4 is 5.32 Å². The first-order chi connectivity index (χ1) is 8.18. The van der Waals surface area contributed by atoms with Crippen LogP contribution in [-0.4, -0.2) is 24.7 Å². The summed E-state index contributed by atoms with van der Waals surface area (Å²) in [6, 6.07) is 6.05. The number of nitrogens with one attached hydrogen (secondary N) is 1. The summed E-state index contributed by atoms with van der Waals surface area (Å²) in [5, 5.41) is 3.26. The Labute approximate surface area is 100.0 Å². The molecule has 0 saturated carbocycles. The van der Waals surface area contributed by atoms with E-state index in [-0.39, 0.29) is 17.7 Å². The second kappa shape index (κ2) is 5.27. The maximum atomic E-state index is 13.4. The minimum Gasteiger partial charge on any atom is -0.457 e. The molecule has 1 saturated heterocycles. The van der Waals surface area contributed by atoms with Gasteiger partial charge in [-0.05, 0) is 38.4 Å². The molecule has 0 radical (unpaired) electrons. The van der Waals surface area contributed by atoms with Crippen LogP contribution in [0.5, 0.6) is 0 Å². The first-order valence-electron chi connectivity index (χ1n) is 5.87. The molecule has 3 nitrogen and oxygen atoms in total. The van der Waals surface area contributed by atoms with Gasteiger partial charge in [0.2, 0.25) is 0 Å². The molecule has 1 aliphatic rings. The average Bonchev–Trinajstić information content (AvgIpc) is 2.82. The SMILES string of the molecule is CC(OC(=O)c1ccccc1F)C1CCCN1. The monoisotopic (exact) mass is 237 g/mol. The highest BCUT2D eigenvalue weighted by molar-refractivity contribution is 5.89. The van der Waals surface area contributed by atoms with Crippen molar-refractivity contribution in [3.63, 3.8) is 0 Å². The van der Waals surface area contributed by atoms with Gasteiger partial charge in [0.15, 0.2) is 0 Å². The molecule has 0 spiro atoms. The third-order valence-electron chi connectivity index (χ3n) is 3.05. The van der Waals surface area contributed by atoms with Crippen molar-refractivity contribution >= 4 is 5.97 Å². The molecule has 0 aliphatic carbocycles. The van der Waals surface area contributed by atoms with Crippen LogP contribution in [0.2, 0.25) is 0 Å². The van der Waals surface area contributed by atoms with Crippen molar-refractivity contribution < 1.29 is 13.9 Å². The molecule has 2 unspecified atom stereocenters. The fourth-order valence-corrected chi connectivity index (χ4v) is 2.05. The molecule has 0 aromatic heterocycles. The van der Waals surface area contributed by atoms with Gasteiger partial charge < -0.3 is 10.1 Å². The molecule has 2 rings (SSSR count). The molecule has 1 aromatic rings. The van der Waals surface area contributed by atoms with E-state index in [0.29, 0.717) is 0 Å². The number of carbonyl (C=O) groups excluding carboxylic acids is 1. The standard InChI is InChI=1S/C13H16FNO2/c1-9(12-7-4-8-15-12)17-13(16)10-5-2-3-6-11(10)14/h2-3,5-6,9,12,15H,4,7-8H2,1H3. The zero-order valence-corrected chi connectivity index (χ0v) is 9.78. The maximum Gasteiger partial charge on any atom is 0.341 e. The lowest BCUT2D eigenvalue weighted by Gasteiger charge is -2.19. The molecule has 92 valence electrons. The summed E-state index contributed by atoms with van der Waals surface area (Å²) in [4.78, 5) is 11.7. The van der Waals surface area contributed by atoms with Crippen molar-refractivity contribution in [3.05, 3.63) is 35.6 Å². The molecular formula is C13H16FNO2. The van der Waals surface area contributed by atoms with E-state index >= 15 is 0 Å². The van der Waals surface area contributed by atoms with E-state index < -0.39 is 11.8 Å². The number of hydrogen-bond donors (Lipinski definition) is 1. The number of ether oxygens (including phenoxy) is 1. The van der Waals surface area contributed by atoms with Gasteiger partial charge in [0.1, 0.15) is 11.9 Å². The Morgan fingerprint density at radius 2 is 2.29 bits per heavy atom. The van der Waals surface area contributed by atoms with Crippen LogP contribution in [-0.2, 0) is 4.74 Å². The van der Waals surface area contributed by atoms with Crippen molar-refractivity contribution in [2.24, 2.45) is 0 Å². The van der Waals surface area contributed by atoms with Crippen LogP contribution in [0.4, 0.5) is 4.39 Å². The van der Waals surface area contributed by atoms with Crippen molar-refractivity contribution in [2.45, 2.75) is 31.9 Å². The summed E-state index contributed by atoms with van der Waals surface area (Å²) in [5.74, 6) is -1.13. The average molecular weight is 237 g/mol.